The molecule has 0 bridgehead atoms. The molecule has 1 heterocycles. The number of hydrogen-bond donors (Lipinski definition) is 0. The molecule has 1 aromatic rings. The van der Waals surface area contributed by atoms with Crippen molar-refractivity contribution < 1.29 is 9.34 Å². The van der Waals surface area contributed by atoms with Crippen LogP contribution in [0.3, 0.4) is 0 Å². The minimum absolute atomic E-state index is 0.175. The molecule has 66 valence electrons. The molecule has 0 aliphatic heterocycles. The Morgan fingerprint density at radius 1 is 1.58 bits per heavy atom. The Hall–Kier alpha value is -1.32. The number of hydrogen-bond acceptors (Lipinski definition) is 3. The predicted molar refractivity (Wildman–Crippen MR) is 43.9 cm³/mol. The fourth-order valence-electron chi connectivity index (χ4n) is 0.977. The van der Waals surface area contributed by atoms with Crippen molar-refractivity contribution in [3.8, 4) is 0 Å². The molecule has 0 fully saturated rings. The van der Waals surface area contributed by atoms with Crippen LogP contribution in [-0.4, -0.2) is 4.92 Å². The van der Waals surface area contributed by atoms with Crippen LogP contribution in [0.4, 0.5) is 5.88 Å². The van der Waals surface area contributed by atoms with E-state index in [1.165, 1.54) is 6.07 Å². The minimum atomic E-state index is -0.524. The molecule has 0 saturated carbocycles. The fourth-order valence-corrected chi connectivity index (χ4v) is 0.977. The quantitative estimate of drug-likeness (QED) is 0.515. The lowest BCUT2D eigenvalue weighted by Gasteiger charge is -1.97. The summed E-state index contributed by atoms with van der Waals surface area (Å²) in [5, 5.41) is 10.2. The van der Waals surface area contributed by atoms with Crippen LogP contribution < -0.4 is 0 Å². The summed E-state index contributed by atoms with van der Waals surface area (Å²) < 4.78 is 4.96. The molecule has 0 radical (unpaired) electrons. The summed E-state index contributed by atoms with van der Waals surface area (Å²) in [5.74, 6) is 0.957. The van der Waals surface area contributed by atoms with Gasteiger partial charge in [0.2, 0.25) is 0 Å². The summed E-state index contributed by atoms with van der Waals surface area (Å²) in [4.78, 5) is 9.69. The van der Waals surface area contributed by atoms with Crippen LogP contribution in [0.1, 0.15) is 19.6 Å². The standard InChI is InChI=1S/C8H11NO3/c1-6(2)5-7-3-4-8(12-7)9(10)11/h3-4,6H,5H2,1-2H3. The Morgan fingerprint density at radius 2 is 2.25 bits per heavy atom. The molecule has 0 aliphatic carbocycles. The van der Waals surface area contributed by atoms with E-state index in [2.05, 4.69) is 0 Å². The summed E-state index contributed by atoms with van der Waals surface area (Å²) in [6.07, 6.45) is 0.744. The molecule has 0 saturated heterocycles. The third-order valence-corrected chi connectivity index (χ3v) is 1.44. The van der Waals surface area contributed by atoms with Gasteiger partial charge in [-0.1, -0.05) is 13.8 Å². The average Bonchev–Trinajstić information content (AvgIpc) is 2.34. The van der Waals surface area contributed by atoms with Gasteiger partial charge in [0.25, 0.3) is 0 Å². The van der Waals surface area contributed by atoms with Crippen LogP contribution in [0.2, 0.25) is 0 Å². The van der Waals surface area contributed by atoms with Crippen molar-refractivity contribution in [3.63, 3.8) is 0 Å². The van der Waals surface area contributed by atoms with Crippen LogP contribution in [0.15, 0.2) is 16.5 Å². The first-order valence-corrected chi connectivity index (χ1v) is 3.82. The predicted octanol–water partition coefficient (Wildman–Crippen LogP) is 2.39. The Labute approximate surface area is 70.3 Å². The zero-order valence-corrected chi connectivity index (χ0v) is 7.11. The van der Waals surface area contributed by atoms with E-state index < -0.39 is 4.92 Å². The maximum atomic E-state index is 10.2. The molecule has 0 spiro atoms. The van der Waals surface area contributed by atoms with Gasteiger partial charge in [-0.2, -0.15) is 0 Å². The van der Waals surface area contributed by atoms with Gasteiger partial charge in [-0.15, -0.1) is 0 Å². The molecule has 4 heteroatoms. The Balaban J connectivity index is 2.71. The highest BCUT2D eigenvalue weighted by atomic mass is 16.6. The summed E-state index contributed by atoms with van der Waals surface area (Å²) in [6, 6.07) is 3.04. The molecule has 0 aromatic carbocycles. The second-order valence-electron chi connectivity index (χ2n) is 3.10. The van der Waals surface area contributed by atoms with Crippen LogP contribution >= 0.6 is 0 Å². The average molecular weight is 169 g/mol. The zero-order chi connectivity index (χ0) is 9.14. The molecular formula is C8H11NO3. The highest BCUT2D eigenvalue weighted by molar-refractivity contribution is 5.17. The van der Waals surface area contributed by atoms with Gasteiger partial charge in [-0.3, -0.25) is 10.1 Å². The van der Waals surface area contributed by atoms with Crippen molar-refractivity contribution >= 4 is 5.88 Å². The topological polar surface area (TPSA) is 56.3 Å². The fraction of sp³-hybridized carbons (Fsp3) is 0.500. The Kier molecular flexibility index (Phi) is 2.47. The lowest BCUT2D eigenvalue weighted by molar-refractivity contribution is -0.402. The maximum absolute atomic E-state index is 10.2. The van der Waals surface area contributed by atoms with Crippen molar-refractivity contribution in [1.29, 1.82) is 0 Å². The molecule has 0 atom stereocenters. The van der Waals surface area contributed by atoms with Crippen molar-refractivity contribution in [2.24, 2.45) is 5.92 Å². The van der Waals surface area contributed by atoms with Gasteiger partial charge in [0.15, 0.2) is 0 Å². The first-order valence-electron chi connectivity index (χ1n) is 3.82. The second-order valence-corrected chi connectivity index (χ2v) is 3.10. The molecule has 0 N–H and O–H groups in total. The SMILES string of the molecule is CC(C)Cc1ccc([N+](=O)[O-])o1. The lowest BCUT2D eigenvalue weighted by atomic mass is 10.1. The first kappa shape index (κ1) is 8.77. The second kappa shape index (κ2) is 3.38. The van der Waals surface area contributed by atoms with E-state index in [0.717, 1.165) is 6.42 Å². The molecule has 4 nitrogen and oxygen atoms in total. The summed E-state index contributed by atoms with van der Waals surface area (Å²) in [5.41, 5.74) is 0. The summed E-state index contributed by atoms with van der Waals surface area (Å²) in [7, 11) is 0. The van der Waals surface area contributed by atoms with Gasteiger partial charge in [0.05, 0.1) is 6.07 Å². The van der Waals surface area contributed by atoms with Crippen LogP contribution in [0, 0.1) is 16.0 Å². The lowest BCUT2D eigenvalue weighted by Crippen LogP contribution is -1.91. The molecule has 12 heavy (non-hydrogen) atoms. The Morgan fingerprint density at radius 3 is 2.67 bits per heavy atom. The molecule has 1 aromatic heterocycles. The monoisotopic (exact) mass is 169 g/mol. The molecule has 1 rings (SSSR count). The van der Waals surface area contributed by atoms with Crippen LogP contribution in [0.25, 0.3) is 0 Å². The Bertz CT molecular complexity index is 278. The van der Waals surface area contributed by atoms with Gasteiger partial charge in [0, 0.05) is 6.42 Å². The van der Waals surface area contributed by atoms with Crippen LogP contribution in [-0.2, 0) is 6.42 Å². The van der Waals surface area contributed by atoms with E-state index in [0.29, 0.717) is 11.7 Å². The van der Waals surface area contributed by atoms with Gasteiger partial charge in [-0.05, 0) is 12.0 Å². The molecule has 0 unspecified atom stereocenters. The number of nitro groups is 1. The van der Waals surface area contributed by atoms with Gasteiger partial charge < -0.3 is 4.42 Å². The van der Waals surface area contributed by atoms with Gasteiger partial charge in [-0.25, -0.2) is 0 Å². The third kappa shape index (κ3) is 2.08. The van der Waals surface area contributed by atoms with Crippen molar-refractivity contribution in [2.75, 3.05) is 0 Å². The van der Waals surface area contributed by atoms with E-state index in [1.807, 2.05) is 13.8 Å². The molecular weight excluding hydrogens is 158 g/mol. The van der Waals surface area contributed by atoms with E-state index in [4.69, 9.17) is 4.42 Å². The van der Waals surface area contributed by atoms with Gasteiger partial charge >= 0.3 is 5.88 Å². The van der Waals surface area contributed by atoms with Crippen LogP contribution in [0.5, 0.6) is 0 Å². The van der Waals surface area contributed by atoms with Crippen molar-refractivity contribution in [2.45, 2.75) is 20.3 Å². The highest BCUT2D eigenvalue weighted by Crippen LogP contribution is 2.17. The first-order chi connectivity index (χ1) is 5.59. The largest absolute Gasteiger partial charge is 0.433 e. The summed E-state index contributed by atoms with van der Waals surface area (Å²) in [6.45, 7) is 4.07. The molecule has 0 aliphatic rings. The number of furan rings is 1. The van der Waals surface area contributed by atoms with E-state index in [1.54, 1.807) is 6.07 Å². The zero-order valence-electron chi connectivity index (χ0n) is 7.11. The van der Waals surface area contributed by atoms with E-state index in [-0.39, 0.29) is 5.88 Å². The minimum Gasteiger partial charge on any atom is -0.406 e. The van der Waals surface area contributed by atoms with E-state index in [9.17, 15) is 10.1 Å². The smallest absolute Gasteiger partial charge is 0.406 e. The molecule has 0 amide bonds. The third-order valence-electron chi connectivity index (χ3n) is 1.44. The normalized spacial score (nSPS) is 10.6. The highest BCUT2D eigenvalue weighted by Gasteiger charge is 2.11. The van der Waals surface area contributed by atoms with Crippen molar-refractivity contribution in [1.82, 2.24) is 0 Å². The van der Waals surface area contributed by atoms with E-state index >= 15 is 0 Å². The number of nitrogens with zero attached hydrogens (tertiary/aromatic N) is 1. The van der Waals surface area contributed by atoms with Gasteiger partial charge in [0.1, 0.15) is 10.7 Å². The van der Waals surface area contributed by atoms with Crippen molar-refractivity contribution in [3.05, 3.63) is 28.0 Å². The maximum Gasteiger partial charge on any atom is 0.433 e. The number of rotatable bonds is 3. The summed E-state index contributed by atoms with van der Waals surface area (Å²) >= 11 is 0.